The molecule has 0 aliphatic carbocycles. The van der Waals surface area contributed by atoms with E-state index in [4.69, 9.17) is 5.11 Å². The number of nitrogens with zero attached hydrogens (tertiary/aromatic N) is 1. The average Bonchev–Trinajstić information content (AvgIpc) is 2.33. The largest absolute Gasteiger partial charge is 0.481 e. The van der Waals surface area contributed by atoms with E-state index in [2.05, 4.69) is 5.32 Å². The summed E-state index contributed by atoms with van der Waals surface area (Å²) in [4.78, 5) is 25.1. The van der Waals surface area contributed by atoms with Gasteiger partial charge in [0.2, 0.25) is 5.91 Å². The van der Waals surface area contributed by atoms with E-state index >= 15 is 0 Å². The molecule has 2 N–H and O–H groups in total. The number of aliphatic carboxylic acids is 1. The summed E-state index contributed by atoms with van der Waals surface area (Å²) in [5.74, 6) is -0.678. The highest BCUT2D eigenvalue weighted by atomic mass is 16.4. The molecule has 0 saturated carbocycles. The Morgan fingerprint density at radius 3 is 2.68 bits per heavy atom. The van der Waals surface area contributed by atoms with E-state index in [-0.39, 0.29) is 18.4 Å². The van der Waals surface area contributed by atoms with Crippen molar-refractivity contribution < 1.29 is 14.7 Å². The molecule has 2 rings (SSSR count). The molecule has 0 spiro atoms. The van der Waals surface area contributed by atoms with Crippen LogP contribution in [-0.2, 0) is 9.59 Å². The van der Waals surface area contributed by atoms with E-state index in [0.29, 0.717) is 6.42 Å². The molecule has 106 valence electrons. The number of carboxylic acid groups (broad SMARTS) is 1. The molecule has 0 bridgehead atoms. The van der Waals surface area contributed by atoms with Crippen LogP contribution in [0.4, 0.5) is 0 Å². The van der Waals surface area contributed by atoms with Crippen LogP contribution in [0.15, 0.2) is 11.1 Å². The third kappa shape index (κ3) is 3.35. The molecule has 5 nitrogen and oxygen atoms in total. The van der Waals surface area contributed by atoms with Crippen LogP contribution in [-0.4, -0.2) is 47.6 Å². The first-order chi connectivity index (χ1) is 9.09. The number of piperidine rings is 1. The van der Waals surface area contributed by atoms with Crippen LogP contribution in [0, 0.1) is 0 Å². The standard InChI is InChI=1S/C14H22N2O3/c1-10(11-8-15-9-11)14(19)16-7-3-2-4-12(16)5-6-13(17)18/h12,15H,2-9H2,1H3,(H,17,18). The van der Waals surface area contributed by atoms with Crippen molar-refractivity contribution in [2.75, 3.05) is 19.6 Å². The summed E-state index contributed by atoms with van der Waals surface area (Å²) >= 11 is 0. The maximum absolute atomic E-state index is 12.5. The maximum atomic E-state index is 12.5. The molecular formula is C14H22N2O3. The van der Waals surface area contributed by atoms with Crippen LogP contribution < -0.4 is 5.32 Å². The van der Waals surface area contributed by atoms with Crippen LogP contribution in [0.2, 0.25) is 0 Å². The van der Waals surface area contributed by atoms with Gasteiger partial charge in [-0.15, -0.1) is 0 Å². The zero-order chi connectivity index (χ0) is 13.8. The molecule has 5 heteroatoms. The smallest absolute Gasteiger partial charge is 0.303 e. The summed E-state index contributed by atoms with van der Waals surface area (Å²) in [7, 11) is 0. The Bertz CT molecular complexity index is 397. The Hall–Kier alpha value is -1.36. The second-order valence-electron chi connectivity index (χ2n) is 5.41. The lowest BCUT2D eigenvalue weighted by atomic mass is 9.95. The lowest BCUT2D eigenvalue weighted by Gasteiger charge is -2.37. The summed E-state index contributed by atoms with van der Waals surface area (Å²) in [6, 6.07) is 0.0981. The van der Waals surface area contributed by atoms with E-state index in [1.165, 1.54) is 5.57 Å². The van der Waals surface area contributed by atoms with E-state index in [9.17, 15) is 9.59 Å². The number of hydrogen-bond donors (Lipinski definition) is 2. The minimum atomic E-state index is -0.781. The fourth-order valence-electron chi connectivity index (χ4n) is 2.74. The second-order valence-corrected chi connectivity index (χ2v) is 5.41. The monoisotopic (exact) mass is 266 g/mol. The fourth-order valence-corrected chi connectivity index (χ4v) is 2.74. The molecule has 1 amide bonds. The van der Waals surface area contributed by atoms with Crippen molar-refractivity contribution in [3.05, 3.63) is 11.1 Å². The van der Waals surface area contributed by atoms with Gasteiger partial charge in [0.1, 0.15) is 0 Å². The third-order valence-electron chi connectivity index (χ3n) is 4.11. The summed E-state index contributed by atoms with van der Waals surface area (Å²) in [5, 5.41) is 11.9. The highest BCUT2D eigenvalue weighted by molar-refractivity contribution is 5.94. The van der Waals surface area contributed by atoms with Gasteiger partial charge in [-0.2, -0.15) is 0 Å². The minimum Gasteiger partial charge on any atom is -0.481 e. The van der Waals surface area contributed by atoms with Crippen molar-refractivity contribution in [3.8, 4) is 0 Å². The van der Waals surface area contributed by atoms with Crippen molar-refractivity contribution in [1.82, 2.24) is 10.2 Å². The molecule has 0 aromatic carbocycles. The van der Waals surface area contributed by atoms with Gasteiger partial charge in [-0.3, -0.25) is 9.59 Å². The number of carboxylic acids is 1. The van der Waals surface area contributed by atoms with Crippen molar-refractivity contribution >= 4 is 11.9 Å². The average molecular weight is 266 g/mol. The van der Waals surface area contributed by atoms with Gasteiger partial charge in [-0.1, -0.05) is 0 Å². The SMILES string of the molecule is CC(C(=O)N1CCCCC1CCC(=O)O)=C1CNC1. The van der Waals surface area contributed by atoms with Gasteiger partial charge >= 0.3 is 5.97 Å². The van der Waals surface area contributed by atoms with Gasteiger partial charge in [-0.05, 0) is 38.2 Å². The molecular weight excluding hydrogens is 244 g/mol. The Balaban J connectivity index is 2.02. The highest BCUT2D eigenvalue weighted by Crippen LogP contribution is 2.24. The van der Waals surface area contributed by atoms with Crippen LogP contribution in [0.25, 0.3) is 0 Å². The zero-order valence-corrected chi connectivity index (χ0v) is 11.4. The van der Waals surface area contributed by atoms with Gasteiger partial charge in [0.25, 0.3) is 0 Å². The van der Waals surface area contributed by atoms with Gasteiger partial charge in [0, 0.05) is 37.7 Å². The molecule has 0 radical (unpaired) electrons. The topological polar surface area (TPSA) is 69.6 Å². The predicted octanol–water partition coefficient (Wildman–Crippen LogP) is 1.15. The molecule has 19 heavy (non-hydrogen) atoms. The zero-order valence-electron chi connectivity index (χ0n) is 11.4. The van der Waals surface area contributed by atoms with Gasteiger partial charge in [0.15, 0.2) is 0 Å². The third-order valence-corrected chi connectivity index (χ3v) is 4.11. The normalized spacial score (nSPS) is 22.9. The number of carbonyl (C=O) groups is 2. The Labute approximate surface area is 113 Å². The van der Waals surface area contributed by atoms with Crippen molar-refractivity contribution in [1.29, 1.82) is 0 Å². The van der Waals surface area contributed by atoms with Crippen LogP contribution in [0.3, 0.4) is 0 Å². The fraction of sp³-hybridized carbons (Fsp3) is 0.714. The molecule has 2 saturated heterocycles. The van der Waals surface area contributed by atoms with Crippen LogP contribution in [0.5, 0.6) is 0 Å². The Morgan fingerprint density at radius 1 is 1.37 bits per heavy atom. The van der Waals surface area contributed by atoms with Gasteiger partial charge in [0.05, 0.1) is 0 Å². The molecule has 1 unspecified atom stereocenters. The van der Waals surface area contributed by atoms with Gasteiger partial charge in [-0.25, -0.2) is 0 Å². The van der Waals surface area contributed by atoms with E-state index in [1.54, 1.807) is 0 Å². The molecule has 0 aromatic heterocycles. The molecule has 2 aliphatic rings. The van der Waals surface area contributed by atoms with E-state index in [0.717, 1.165) is 44.5 Å². The summed E-state index contributed by atoms with van der Waals surface area (Å²) < 4.78 is 0. The van der Waals surface area contributed by atoms with Crippen molar-refractivity contribution in [2.45, 2.75) is 45.1 Å². The lowest BCUT2D eigenvalue weighted by molar-refractivity contribution is -0.139. The first-order valence-electron chi connectivity index (χ1n) is 7.01. The van der Waals surface area contributed by atoms with Crippen LogP contribution in [0.1, 0.15) is 39.0 Å². The second kappa shape index (κ2) is 6.19. The highest BCUT2D eigenvalue weighted by Gasteiger charge is 2.29. The lowest BCUT2D eigenvalue weighted by Crippen LogP contribution is -2.46. The molecule has 2 heterocycles. The Morgan fingerprint density at radius 2 is 2.11 bits per heavy atom. The number of hydrogen-bond acceptors (Lipinski definition) is 3. The number of likely N-dealkylation sites (tertiary alicyclic amines) is 1. The van der Waals surface area contributed by atoms with Gasteiger partial charge < -0.3 is 15.3 Å². The van der Waals surface area contributed by atoms with E-state index < -0.39 is 5.97 Å². The number of rotatable bonds is 4. The van der Waals surface area contributed by atoms with Crippen LogP contribution >= 0.6 is 0 Å². The molecule has 2 aliphatic heterocycles. The molecule has 2 fully saturated rings. The Kier molecular flexibility index (Phi) is 4.58. The first-order valence-corrected chi connectivity index (χ1v) is 7.01. The minimum absolute atomic E-state index is 0.0981. The quantitative estimate of drug-likeness (QED) is 0.749. The number of carbonyl (C=O) groups excluding carboxylic acids is 1. The molecule has 0 aromatic rings. The van der Waals surface area contributed by atoms with Crippen molar-refractivity contribution in [3.63, 3.8) is 0 Å². The summed E-state index contributed by atoms with van der Waals surface area (Å²) in [6.45, 7) is 4.28. The number of amides is 1. The predicted molar refractivity (Wildman–Crippen MR) is 71.8 cm³/mol. The summed E-state index contributed by atoms with van der Waals surface area (Å²) in [5.41, 5.74) is 2.04. The molecule has 1 atom stereocenters. The van der Waals surface area contributed by atoms with E-state index in [1.807, 2.05) is 11.8 Å². The maximum Gasteiger partial charge on any atom is 0.303 e. The summed E-state index contributed by atoms with van der Waals surface area (Å²) in [6.07, 6.45) is 3.76. The first kappa shape index (κ1) is 14.1. The van der Waals surface area contributed by atoms with Crippen molar-refractivity contribution in [2.24, 2.45) is 0 Å². The number of nitrogens with one attached hydrogen (secondary N) is 1.